The van der Waals surface area contributed by atoms with Gasteiger partial charge in [0.05, 0.1) is 25.0 Å². The molecule has 30 heavy (non-hydrogen) atoms. The molecule has 8 heteroatoms. The van der Waals surface area contributed by atoms with E-state index in [0.717, 1.165) is 16.9 Å². The van der Waals surface area contributed by atoms with Crippen molar-refractivity contribution in [2.75, 3.05) is 27.3 Å². The van der Waals surface area contributed by atoms with Gasteiger partial charge in [-0.25, -0.2) is 8.42 Å². The van der Waals surface area contributed by atoms with Gasteiger partial charge >= 0.3 is 0 Å². The minimum Gasteiger partial charge on any atom is -0.497 e. The third kappa shape index (κ3) is 4.94. The molecule has 0 bridgehead atoms. The van der Waals surface area contributed by atoms with Crippen LogP contribution in [0.25, 0.3) is 0 Å². The van der Waals surface area contributed by atoms with E-state index in [1.54, 1.807) is 32.4 Å². The first-order valence-corrected chi connectivity index (χ1v) is 11.3. The van der Waals surface area contributed by atoms with Gasteiger partial charge in [0.25, 0.3) is 0 Å². The molecule has 2 aromatic carbocycles. The van der Waals surface area contributed by atoms with E-state index >= 15 is 0 Å². The summed E-state index contributed by atoms with van der Waals surface area (Å²) in [5.41, 5.74) is 1.71. The normalized spacial score (nSPS) is 17.4. The number of benzene rings is 2. The summed E-state index contributed by atoms with van der Waals surface area (Å²) >= 11 is 0. The predicted octanol–water partition coefficient (Wildman–Crippen LogP) is 2.73. The van der Waals surface area contributed by atoms with Gasteiger partial charge in [-0.05, 0) is 61.2 Å². The van der Waals surface area contributed by atoms with Crippen molar-refractivity contribution in [3.8, 4) is 11.5 Å². The molecule has 1 fully saturated rings. The molecule has 0 unspecified atom stereocenters. The Bertz CT molecular complexity index is 989. The van der Waals surface area contributed by atoms with E-state index in [0.29, 0.717) is 31.7 Å². The summed E-state index contributed by atoms with van der Waals surface area (Å²) in [6, 6.07) is 12.3. The maximum Gasteiger partial charge on any atom is 0.243 e. The maximum absolute atomic E-state index is 13.1. The Morgan fingerprint density at radius 1 is 1.13 bits per heavy atom. The smallest absolute Gasteiger partial charge is 0.243 e. The SMILES string of the molecule is COc1ccc(CNC(=O)[C@@H]2CCCN(S(=O)(=O)c3ccc(OC)c(C)c3)C2)cc1. The van der Waals surface area contributed by atoms with Crippen molar-refractivity contribution in [1.82, 2.24) is 9.62 Å². The fourth-order valence-corrected chi connectivity index (χ4v) is 5.22. The number of hydrogen-bond donors (Lipinski definition) is 1. The summed E-state index contributed by atoms with van der Waals surface area (Å²) in [7, 11) is -0.511. The molecule has 3 rings (SSSR count). The third-order valence-electron chi connectivity index (χ3n) is 5.38. The van der Waals surface area contributed by atoms with Crippen LogP contribution in [0.1, 0.15) is 24.0 Å². The molecule has 0 spiro atoms. The lowest BCUT2D eigenvalue weighted by molar-refractivity contribution is -0.126. The molecule has 0 aliphatic carbocycles. The highest BCUT2D eigenvalue weighted by atomic mass is 32.2. The first-order chi connectivity index (χ1) is 14.3. The number of sulfonamides is 1. The molecule has 1 atom stereocenters. The Kier molecular flexibility index (Phi) is 6.99. The van der Waals surface area contributed by atoms with Crippen LogP contribution in [-0.2, 0) is 21.4 Å². The minimum absolute atomic E-state index is 0.128. The first kappa shape index (κ1) is 22.1. The van der Waals surface area contributed by atoms with Crippen LogP contribution in [0.3, 0.4) is 0 Å². The Morgan fingerprint density at radius 3 is 2.50 bits per heavy atom. The summed E-state index contributed by atoms with van der Waals surface area (Å²) in [5.74, 6) is 0.901. The molecule has 0 saturated carbocycles. The van der Waals surface area contributed by atoms with Crippen LogP contribution in [0.2, 0.25) is 0 Å². The van der Waals surface area contributed by atoms with E-state index in [-0.39, 0.29) is 23.3 Å². The van der Waals surface area contributed by atoms with Crippen LogP contribution >= 0.6 is 0 Å². The number of nitrogens with zero attached hydrogens (tertiary/aromatic N) is 1. The van der Waals surface area contributed by atoms with Gasteiger partial charge in [-0.2, -0.15) is 4.31 Å². The molecule has 7 nitrogen and oxygen atoms in total. The van der Waals surface area contributed by atoms with Crippen molar-refractivity contribution in [2.24, 2.45) is 5.92 Å². The molecular weight excluding hydrogens is 404 g/mol. The zero-order valence-corrected chi connectivity index (χ0v) is 18.4. The number of ether oxygens (including phenoxy) is 2. The Balaban J connectivity index is 1.64. The Labute approximate surface area is 178 Å². The second-order valence-corrected chi connectivity index (χ2v) is 9.34. The van der Waals surface area contributed by atoms with Crippen molar-refractivity contribution in [1.29, 1.82) is 0 Å². The Hall–Kier alpha value is -2.58. The third-order valence-corrected chi connectivity index (χ3v) is 7.25. The lowest BCUT2D eigenvalue weighted by Crippen LogP contribution is -2.45. The summed E-state index contributed by atoms with van der Waals surface area (Å²) in [6.07, 6.45) is 1.32. The number of methoxy groups -OCH3 is 2. The van der Waals surface area contributed by atoms with E-state index in [2.05, 4.69) is 5.32 Å². The topological polar surface area (TPSA) is 84.9 Å². The summed E-state index contributed by atoms with van der Waals surface area (Å²) < 4.78 is 37.9. The molecule has 1 aliphatic rings. The van der Waals surface area contributed by atoms with Crippen molar-refractivity contribution in [2.45, 2.75) is 31.2 Å². The standard InChI is InChI=1S/C22H28N2O5S/c1-16-13-20(10-11-21(16)29-3)30(26,27)24-12-4-5-18(15-24)22(25)23-14-17-6-8-19(28-2)9-7-17/h6-11,13,18H,4-5,12,14-15H2,1-3H3,(H,23,25)/t18-/m1/s1. The molecular formula is C22H28N2O5S. The fraction of sp³-hybridized carbons (Fsp3) is 0.409. The van der Waals surface area contributed by atoms with Gasteiger partial charge < -0.3 is 14.8 Å². The molecule has 2 aromatic rings. The van der Waals surface area contributed by atoms with Crippen molar-refractivity contribution in [3.05, 3.63) is 53.6 Å². The van der Waals surface area contributed by atoms with Crippen LogP contribution in [0.5, 0.6) is 11.5 Å². The van der Waals surface area contributed by atoms with E-state index in [4.69, 9.17) is 9.47 Å². The lowest BCUT2D eigenvalue weighted by atomic mass is 9.99. The number of aryl methyl sites for hydroxylation is 1. The van der Waals surface area contributed by atoms with E-state index in [1.807, 2.05) is 31.2 Å². The molecule has 162 valence electrons. The second kappa shape index (κ2) is 9.49. The highest BCUT2D eigenvalue weighted by molar-refractivity contribution is 7.89. The average molecular weight is 433 g/mol. The van der Waals surface area contributed by atoms with Crippen molar-refractivity contribution in [3.63, 3.8) is 0 Å². The molecule has 1 N–H and O–H groups in total. The van der Waals surface area contributed by atoms with E-state index in [1.165, 1.54) is 4.31 Å². The second-order valence-electron chi connectivity index (χ2n) is 7.40. The summed E-state index contributed by atoms with van der Waals surface area (Å²) in [5, 5.41) is 2.92. The van der Waals surface area contributed by atoms with Gasteiger partial charge in [0.1, 0.15) is 11.5 Å². The summed E-state index contributed by atoms with van der Waals surface area (Å²) in [4.78, 5) is 12.9. The number of carbonyl (C=O) groups excluding carboxylic acids is 1. The zero-order chi connectivity index (χ0) is 21.7. The molecule has 1 heterocycles. The quantitative estimate of drug-likeness (QED) is 0.727. The maximum atomic E-state index is 13.1. The lowest BCUT2D eigenvalue weighted by Gasteiger charge is -2.31. The largest absolute Gasteiger partial charge is 0.497 e. The molecule has 1 aliphatic heterocycles. The molecule has 1 amide bonds. The molecule has 0 radical (unpaired) electrons. The number of hydrogen-bond acceptors (Lipinski definition) is 5. The number of amides is 1. The van der Waals surface area contributed by atoms with Crippen LogP contribution in [0.4, 0.5) is 0 Å². The highest BCUT2D eigenvalue weighted by Gasteiger charge is 2.33. The number of rotatable bonds is 7. The van der Waals surface area contributed by atoms with Gasteiger partial charge in [-0.15, -0.1) is 0 Å². The van der Waals surface area contributed by atoms with Crippen LogP contribution in [0, 0.1) is 12.8 Å². The Morgan fingerprint density at radius 2 is 1.87 bits per heavy atom. The number of carbonyl (C=O) groups is 1. The zero-order valence-electron chi connectivity index (χ0n) is 17.6. The fourth-order valence-electron chi connectivity index (χ4n) is 3.61. The predicted molar refractivity (Wildman–Crippen MR) is 114 cm³/mol. The van der Waals surface area contributed by atoms with Gasteiger partial charge in [0, 0.05) is 19.6 Å². The van der Waals surface area contributed by atoms with E-state index < -0.39 is 10.0 Å². The van der Waals surface area contributed by atoms with Crippen LogP contribution < -0.4 is 14.8 Å². The van der Waals surface area contributed by atoms with Gasteiger partial charge in [-0.1, -0.05) is 12.1 Å². The summed E-state index contributed by atoms with van der Waals surface area (Å²) in [6.45, 7) is 2.80. The monoisotopic (exact) mass is 432 g/mol. The van der Waals surface area contributed by atoms with Crippen LogP contribution in [0.15, 0.2) is 47.4 Å². The van der Waals surface area contributed by atoms with E-state index in [9.17, 15) is 13.2 Å². The molecule has 0 aromatic heterocycles. The van der Waals surface area contributed by atoms with Crippen LogP contribution in [-0.4, -0.2) is 45.9 Å². The van der Waals surface area contributed by atoms with Gasteiger partial charge in [0.15, 0.2) is 0 Å². The van der Waals surface area contributed by atoms with Crippen molar-refractivity contribution < 1.29 is 22.7 Å². The van der Waals surface area contributed by atoms with Crippen molar-refractivity contribution >= 4 is 15.9 Å². The highest BCUT2D eigenvalue weighted by Crippen LogP contribution is 2.27. The minimum atomic E-state index is -3.67. The van der Waals surface area contributed by atoms with Gasteiger partial charge in [0.2, 0.25) is 15.9 Å². The molecule has 1 saturated heterocycles. The number of piperidine rings is 1. The van der Waals surface area contributed by atoms with Gasteiger partial charge in [-0.3, -0.25) is 4.79 Å². The number of nitrogens with one attached hydrogen (secondary N) is 1. The average Bonchev–Trinajstić information content (AvgIpc) is 2.77. The first-order valence-electron chi connectivity index (χ1n) is 9.90.